The Morgan fingerprint density at radius 2 is 2.16 bits per heavy atom. The molecule has 102 valence electrons. The second-order valence-corrected chi connectivity index (χ2v) is 3.90. The fourth-order valence-corrected chi connectivity index (χ4v) is 1.44. The number of hydrogen-bond acceptors (Lipinski definition) is 4. The highest BCUT2D eigenvalue weighted by Crippen LogP contribution is 2.31. The van der Waals surface area contributed by atoms with Crippen LogP contribution < -0.4 is 9.64 Å². The van der Waals surface area contributed by atoms with Crippen molar-refractivity contribution in [2.75, 3.05) is 25.6 Å². The minimum Gasteiger partial charge on any atom is -0.491 e. The first-order valence-corrected chi connectivity index (χ1v) is 6.12. The molecule has 0 fully saturated rings. The Morgan fingerprint density at radius 3 is 2.79 bits per heavy atom. The summed E-state index contributed by atoms with van der Waals surface area (Å²) in [5.74, 6) is 0.680. The molecule has 0 aliphatic heterocycles. The second-order valence-electron chi connectivity index (χ2n) is 3.90. The van der Waals surface area contributed by atoms with Gasteiger partial charge in [0.15, 0.2) is 0 Å². The van der Waals surface area contributed by atoms with E-state index < -0.39 is 0 Å². The van der Waals surface area contributed by atoms with Crippen molar-refractivity contribution < 1.29 is 9.53 Å². The molecule has 0 aromatic heterocycles. The van der Waals surface area contributed by atoms with Gasteiger partial charge in [-0.25, -0.2) is 0 Å². The zero-order valence-corrected chi connectivity index (χ0v) is 11.5. The average molecular weight is 261 g/mol. The van der Waals surface area contributed by atoms with Gasteiger partial charge in [-0.05, 0) is 24.6 Å². The summed E-state index contributed by atoms with van der Waals surface area (Å²) in [6, 6.07) is 5.47. The molecule has 1 aromatic carbocycles. The van der Waals surface area contributed by atoms with Crippen LogP contribution in [0.3, 0.4) is 0 Å². The van der Waals surface area contributed by atoms with E-state index in [1.165, 1.54) is 4.90 Å². The Morgan fingerprint density at radius 1 is 1.37 bits per heavy atom. The Bertz CT molecular complexity index is 470. The molecule has 0 aliphatic rings. The van der Waals surface area contributed by atoms with Crippen molar-refractivity contribution >= 4 is 30.2 Å². The van der Waals surface area contributed by atoms with Gasteiger partial charge in [-0.2, -0.15) is 0 Å². The SMILES string of the molecule is CCCOc1ccc(/N=C\C=N/C)cc1N(C)C=O. The molecule has 0 radical (unpaired) electrons. The standard InChI is InChI=1S/C14H19N3O2/c1-4-9-19-14-6-5-12(16-8-7-15-2)10-13(14)17(3)11-18/h5-8,10-11H,4,9H2,1-3H3/b15-7-,16-8-. The largest absolute Gasteiger partial charge is 0.491 e. The lowest BCUT2D eigenvalue weighted by molar-refractivity contribution is -0.107. The lowest BCUT2D eigenvalue weighted by Crippen LogP contribution is -2.15. The van der Waals surface area contributed by atoms with Gasteiger partial charge in [0.2, 0.25) is 6.41 Å². The molecule has 1 amide bonds. The van der Waals surface area contributed by atoms with Crippen molar-refractivity contribution in [2.45, 2.75) is 13.3 Å². The summed E-state index contributed by atoms with van der Waals surface area (Å²) >= 11 is 0. The van der Waals surface area contributed by atoms with Crippen LogP contribution in [-0.2, 0) is 4.79 Å². The highest BCUT2D eigenvalue weighted by atomic mass is 16.5. The fourth-order valence-electron chi connectivity index (χ4n) is 1.44. The lowest BCUT2D eigenvalue weighted by atomic mass is 10.2. The van der Waals surface area contributed by atoms with Gasteiger partial charge in [-0.1, -0.05) is 6.92 Å². The van der Waals surface area contributed by atoms with Crippen molar-refractivity contribution in [2.24, 2.45) is 9.98 Å². The van der Waals surface area contributed by atoms with E-state index in [0.29, 0.717) is 18.0 Å². The molecule has 0 bridgehead atoms. The number of amides is 1. The minimum absolute atomic E-state index is 0.616. The van der Waals surface area contributed by atoms with E-state index in [1.54, 1.807) is 32.6 Å². The summed E-state index contributed by atoms with van der Waals surface area (Å²) in [6.07, 6.45) is 4.86. The molecular weight excluding hydrogens is 242 g/mol. The Labute approximate surface area is 113 Å². The first-order chi connectivity index (χ1) is 9.22. The maximum atomic E-state index is 10.9. The van der Waals surface area contributed by atoms with E-state index in [0.717, 1.165) is 18.5 Å². The molecular formula is C14H19N3O2. The summed E-state index contributed by atoms with van der Waals surface area (Å²) in [4.78, 5) is 20.4. The smallest absolute Gasteiger partial charge is 0.213 e. The molecule has 0 saturated carbocycles. The lowest BCUT2D eigenvalue weighted by Gasteiger charge is -2.16. The number of aliphatic imine (C=N–C) groups is 2. The monoisotopic (exact) mass is 261 g/mol. The van der Waals surface area contributed by atoms with E-state index in [9.17, 15) is 4.79 Å². The molecule has 0 N–H and O–H groups in total. The molecule has 1 aromatic rings. The van der Waals surface area contributed by atoms with Crippen molar-refractivity contribution in [3.05, 3.63) is 18.2 Å². The Hall–Kier alpha value is -2.17. The van der Waals surface area contributed by atoms with Crippen molar-refractivity contribution in [1.29, 1.82) is 0 Å². The number of rotatable bonds is 7. The number of ether oxygens (including phenoxy) is 1. The summed E-state index contributed by atoms with van der Waals surface area (Å²) in [5.41, 5.74) is 1.44. The quantitative estimate of drug-likeness (QED) is 0.559. The minimum atomic E-state index is 0.616. The molecule has 0 heterocycles. The van der Waals surface area contributed by atoms with Gasteiger partial charge in [0.05, 0.1) is 18.0 Å². The van der Waals surface area contributed by atoms with E-state index in [1.807, 2.05) is 19.1 Å². The molecule has 1 rings (SSSR count). The summed E-state index contributed by atoms with van der Waals surface area (Å²) in [6.45, 7) is 2.65. The summed E-state index contributed by atoms with van der Waals surface area (Å²) in [5, 5.41) is 0. The highest BCUT2D eigenvalue weighted by molar-refractivity contribution is 6.16. The second kappa shape index (κ2) is 8.02. The Balaban J connectivity index is 3.03. The van der Waals surface area contributed by atoms with Crippen LogP contribution in [0, 0.1) is 0 Å². The number of hydrogen-bond donors (Lipinski definition) is 0. The zero-order chi connectivity index (χ0) is 14.1. The predicted octanol–water partition coefficient (Wildman–Crippen LogP) is 2.47. The maximum Gasteiger partial charge on any atom is 0.213 e. The van der Waals surface area contributed by atoms with Crippen molar-refractivity contribution in [1.82, 2.24) is 0 Å². The molecule has 0 saturated heterocycles. The van der Waals surface area contributed by atoms with Gasteiger partial charge in [0.25, 0.3) is 0 Å². The average Bonchev–Trinajstić information content (AvgIpc) is 2.45. The van der Waals surface area contributed by atoms with Gasteiger partial charge >= 0.3 is 0 Å². The van der Waals surface area contributed by atoms with E-state index in [-0.39, 0.29) is 0 Å². The van der Waals surface area contributed by atoms with E-state index >= 15 is 0 Å². The molecule has 0 aliphatic carbocycles. The molecule has 5 heteroatoms. The highest BCUT2D eigenvalue weighted by Gasteiger charge is 2.08. The number of benzene rings is 1. The maximum absolute atomic E-state index is 10.9. The first kappa shape index (κ1) is 14.9. The van der Waals surface area contributed by atoms with Crippen LogP contribution in [0.1, 0.15) is 13.3 Å². The van der Waals surface area contributed by atoms with Gasteiger partial charge in [-0.15, -0.1) is 0 Å². The number of nitrogens with zero attached hydrogens (tertiary/aromatic N) is 3. The van der Waals surface area contributed by atoms with Crippen LogP contribution in [0.5, 0.6) is 5.75 Å². The molecule has 5 nitrogen and oxygen atoms in total. The van der Waals surface area contributed by atoms with Crippen LogP contribution in [0.2, 0.25) is 0 Å². The van der Waals surface area contributed by atoms with Gasteiger partial charge in [0.1, 0.15) is 5.75 Å². The molecule has 0 atom stereocenters. The van der Waals surface area contributed by atoms with Crippen LogP contribution in [0.15, 0.2) is 28.2 Å². The van der Waals surface area contributed by atoms with Crippen molar-refractivity contribution in [3.8, 4) is 5.75 Å². The topological polar surface area (TPSA) is 54.3 Å². The third-order valence-electron chi connectivity index (χ3n) is 2.38. The summed E-state index contributed by atoms with van der Waals surface area (Å²) < 4.78 is 5.61. The van der Waals surface area contributed by atoms with Crippen LogP contribution >= 0.6 is 0 Å². The number of anilines is 1. The van der Waals surface area contributed by atoms with Crippen LogP contribution in [0.4, 0.5) is 11.4 Å². The predicted molar refractivity (Wildman–Crippen MR) is 79.3 cm³/mol. The molecule has 0 spiro atoms. The van der Waals surface area contributed by atoms with Crippen LogP contribution in [-0.4, -0.2) is 39.5 Å². The van der Waals surface area contributed by atoms with Gasteiger partial charge < -0.3 is 9.64 Å². The normalized spacial score (nSPS) is 11.1. The number of carbonyl (C=O) groups excluding carboxylic acids is 1. The van der Waals surface area contributed by atoms with E-state index in [4.69, 9.17) is 4.74 Å². The molecule has 0 unspecified atom stereocenters. The third kappa shape index (κ3) is 4.54. The number of carbonyl (C=O) groups is 1. The first-order valence-electron chi connectivity index (χ1n) is 6.12. The summed E-state index contributed by atoms with van der Waals surface area (Å²) in [7, 11) is 3.36. The fraction of sp³-hybridized carbons (Fsp3) is 0.357. The van der Waals surface area contributed by atoms with Crippen molar-refractivity contribution in [3.63, 3.8) is 0 Å². The molecule has 19 heavy (non-hydrogen) atoms. The van der Waals surface area contributed by atoms with E-state index in [2.05, 4.69) is 9.98 Å². The van der Waals surface area contributed by atoms with Crippen LogP contribution in [0.25, 0.3) is 0 Å². The third-order valence-corrected chi connectivity index (χ3v) is 2.38. The zero-order valence-electron chi connectivity index (χ0n) is 11.5. The van der Waals surface area contributed by atoms with Gasteiger partial charge in [-0.3, -0.25) is 14.8 Å². The Kier molecular flexibility index (Phi) is 6.29. The van der Waals surface area contributed by atoms with Gasteiger partial charge in [0, 0.05) is 26.5 Å².